The number of hydrogen-bond acceptors (Lipinski definition) is 5. The Morgan fingerprint density at radius 2 is 1.72 bits per heavy atom. The molecule has 29 heavy (non-hydrogen) atoms. The zero-order chi connectivity index (χ0) is 21.3. The van der Waals surface area contributed by atoms with Gasteiger partial charge in [0.15, 0.2) is 0 Å². The predicted molar refractivity (Wildman–Crippen MR) is 112 cm³/mol. The number of nitrogens with one attached hydrogen (secondary N) is 2. The third kappa shape index (κ3) is 7.32. The topological polar surface area (TPSA) is 93.7 Å². The first-order valence-corrected chi connectivity index (χ1v) is 10.9. The molecule has 0 aliphatic rings. The Kier molecular flexibility index (Phi) is 8.91. The lowest BCUT2D eigenvalue weighted by molar-refractivity contribution is -0.121. The fourth-order valence-corrected chi connectivity index (χ4v) is 3.99. The van der Waals surface area contributed by atoms with Gasteiger partial charge in [-0.3, -0.25) is 4.79 Å². The fraction of sp³-hybridized carbons (Fsp3) is 0.350. The molecule has 0 bridgehead atoms. The van der Waals surface area contributed by atoms with E-state index in [0.29, 0.717) is 35.9 Å². The molecule has 0 unspecified atom stereocenters. The van der Waals surface area contributed by atoms with E-state index in [1.807, 2.05) is 0 Å². The van der Waals surface area contributed by atoms with E-state index in [4.69, 9.17) is 21.1 Å². The maximum absolute atomic E-state index is 12.8. The van der Waals surface area contributed by atoms with E-state index >= 15 is 0 Å². The first-order chi connectivity index (χ1) is 13.9. The second kappa shape index (κ2) is 11.2. The summed E-state index contributed by atoms with van der Waals surface area (Å²) < 4.78 is 38.3. The number of rotatable bonds is 11. The molecule has 0 spiro atoms. The van der Waals surface area contributed by atoms with Gasteiger partial charge in [-0.15, -0.1) is 0 Å². The number of carbonyl (C=O) groups excluding carboxylic acids is 1. The van der Waals surface area contributed by atoms with Crippen molar-refractivity contribution in [2.24, 2.45) is 0 Å². The van der Waals surface area contributed by atoms with Gasteiger partial charge in [0, 0.05) is 31.7 Å². The highest BCUT2D eigenvalue weighted by atomic mass is 35.5. The van der Waals surface area contributed by atoms with Crippen LogP contribution in [0.25, 0.3) is 0 Å². The number of carbonyl (C=O) groups is 1. The van der Waals surface area contributed by atoms with Gasteiger partial charge >= 0.3 is 0 Å². The molecule has 1 amide bonds. The van der Waals surface area contributed by atoms with Crippen LogP contribution in [-0.4, -0.2) is 41.7 Å². The number of halogens is 1. The SMILES string of the molecule is COCCCNC(=O)C[C@@H](NS(=O)(=O)c1ccc(Cl)cc1)c1ccc(OC)cc1. The summed E-state index contributed by atoms with van der Waals surface area (Å²) in [6.07, 6.45) is 0.623. The van der Waals surface area contributed by atoms with Crippen molar-refractivity contribution in [1.82, 2.24) is 10.0 Å². The maximum atomic E-state index is 12.8. The van der Waals surface area contributed by atoms with E-state index in [9.17, 15) is 13.2 Å². The molecule has 0 aliphatic carbocycles. The van der Waals surface area contributed by atoms with Gasteiger partial charge < -0.3 is 14.8 Å². The molecule has 2 aromatic carbocycles. The number of ether oxygens (including phenoxy) is 2. The third-order valence-electron chi connectivity index (χ3n) is 4.18. The van der Waals surface area contributed by atoms with Crippen molar-refractivity contribution in [3.05, 3.63) is 59.1 Å². The molecule has 0 saturated carbocycles. The average molecular weight is 441 g/mol. The van der Waals surface area contributed by atoms with E-state index in [-0.39, 0.29) is 17.2 Å². The summed E-state index contributed by atoms with van der Waals surface area (Å²) in [6, 6.07) is 12.0. The molecule has 0 radical (unpaired) electrons. The number of methoxy groups -OCH3 is 2. The number of amides is 1. The average Bonchev–Trinajstić information content (AvgIpc) is 2.71. The normalized spacial score (nSPS) is 12.4. The fourth-order valence-electron chi connectivity index (χ4n) is 2.63. The first-order valence-electron chi connectivity index (χ1n) is 9.03. The Labute approximate surface area is 176 Å². The van der Waals surface area contributed by atoms with Gasteiger partial charge in [0.25, 0.3) is 0 Å². The van der Waals surface area contributed by atoms with Crippen LogP contribution in [0.1, 0.15) is 24.4 Å². The minimum absolute atomic E-state index is 0.0495. The molecular formula is C20H25ClN2O5S. The van der Waals surface area contributed by atoms with Crippen molar-refractivity contribution in [1.29, 1.82) is 0 Å². The molecule has 9 heteroatoms. The van der Waals surface area contributed by atoms with Crippen molar-refractivity contribution in [2.45, 2.75) is 23.8 Å². The Balaban J connectivity index is 2.19. The lowest BCUT2D eigenvalue weighted by Crippen LogP contribution is -2.34. The van der Waals surface area contributed by atoms with Crippen LogP contribution in [0, 0.1) is 0 Å². The molecule has 0 saturated heterocycles. The van der Waals surface area contributed by atoms with Gasteiger partial charge in [-0.05, 0) is 48.4 Å². The van der Waals surface area contributed by atoms with E-state index in [0.717, 1.165) is 0 Å². The maximum Gasteiger partial charge on any atom is 0.241 e. The lowest BCUT2D eigenvalue weighted by atomic mass is 10.0. The highest BCUT2D eigenvalue weighted by molar-refractivity contribution is 7.89. The highest BCUT2D eigenvalue weighted by Crippen LogP contribution is 2.23. The van der Waals surface area contributed by atoms with Crippen LogP contribution in [0.3, 0.4) is 0 Å². The Morgan fingerprint density at radius 3 is 2.31 bits per heavy atom. The van der Waals surface area contributed by atoms with E-state index in [1.165, 1.54) is 24.3 Å². The van der Waals surface area contributed by atoms with Crippen LogP contribution in [0.2, 0.25) is 5.02 Å². The number of hydrogen-bond donors (Lipinski definition) is 2. The summed E-state index contributed by atoms with van der Waals surface area (Å²) in [4.78, 5) is 12.4. The largest absolute Gasteiger partial charge is 0.497 e. The first kappa shape index (κ1) is 23.2. The summed E-state index contributed by atoms with van der Waals surface area (Å²) in [5, 5.41) is 3.21. The van der Waals surface area contributed by atoms with E-state index in [1.54, 1.807) is 38.5 Å². The quantitative estimate of drug-likeness (QED) is 0.524. The minimum Gasteiger partial charge on any atom is -0.497 e. The molecule has 7 nitrogen and oxygen atoms in total. The van der Waals surface area contributed by atoms with E-state index < -0.39 is 16.1 Å². The molecule has 0 aromatic heterocycles. The molecule has 0 fully saturated rings. The van der Waals surface area contributed by atoms with Gasteiger partial charge in [-0.25, -0.2) is 13.1 Å². The zero-order valence-corrected chi connectivity index (χ0v) is 17.9. The molecule has 158 valence electrons. The van der Waals surface area contributed by atoms with Crippen LogP contribution < -0.4 is 14.8 Å². The Morgan fingerprint density at radius 1 is 1.07 bits per heavy atom. The zero-order valence-electron chi connectivity index (χ0n) is 16.4. The van der Waals surface area contributed by atoms with Crippen LogP contribution in [-0.2, 0) is 19.6 Å². The summed E-state index contributed by atoms with van der Waals surface area (Å²) in [6.45, 7) is 0.983. The van der Waals surface area contributed by atoms with Crippen molar-refractivity contribution in [3.8, 4) is 5.75 Å². The minimum atomic E-state index is -3.85. The van der Waals surface area contributed by atoms with Gasteiger partial charge in [0.2, 0.25) is 15.9 Å². The molecule has 0 aliphatic heterocycles. The summed E-state index contributed by atoms with van der Waals surface area (Å²) >= 11 is 5.84. The standard InChI is InChI=1S/C20H25ClN2O5S/c1-27-13-3-12-22-20(24)14-19(15-4-8-17(28-2)9-5-15)23-29(25,26)18-10-6-16(21)7-11-18/h4-11,19,23H,3,12-14H2,1-2H3,(H,22,24)/t19-/m1/s1. The second-order valence-electron chi connectivity index (χ2n) is 6.30. The highest BCUT2D eigenvalue weighted by Gasteiger charge is 2.24. The monoisotopic (exact) mass is 440 g/mol. The molecule has 2 rings (SSSR count). The van der Waals surface area contributed by atoms with Crippen LogP contribution in [0.5, 0.6) is 5.75 Å². The molecule has 2 aromatic rings. The van der Waals surface area contributed by atoms with Gasteiger partial charge in [0.05, 0.1) is 18.0 Å². The van der Waals surface area contributed by atoms with Crippen molar-refractivity contribution in [3.63, 3.8) is 0 Å². The lowest BCUT2D eigenvalue weighted by Gasteiger charge is -2.19. The van der Waals surface area contributed by atoms with Crippen LogP contribution >= 0.6 is 11.6 Å². The van der Waals surface area contributed by atoms with Crippen molar-refractivity contribution < 1.29 is 22.7 Å². The van der Waals surface area contributed by atoms with E-state index in [2.05, 4.69) is 10.0 Å². The van der Waals surface area contributed by atoms with Gasteiger partial charge in [-0.2, -0.15) is 0 Å². The Bertz CT molecular complexity index is 886. The Hall–Kier alpha value is -2.13. The second-order valence-corrected chi connectivity index (χ2v) is 8.45. The van der Waals surface area contributed by atoms with Crippen LogP contribution in [0.15, 0.2) is 53.4 Å². The molecule has 2 N–H and O–H groups in total. The number of sulfonamides is 1. The summed E-state index contributed by atoms with van der Waals surface area (Å²) in [7, 11) is -0.720. The van der Waals surface area contributed by atoms with Gasteiger partial charge in [0.1, 0.15) is 5.75 Å². The summed E-state index contributed by atoms with van der Waals surface area (Å²) in [5.74, 6) is 0.373. The number of benzene rings is 2. The molecule has 1 atom stereocenters. The molecular weight excluding hydrogens is 416 g/mol. The van der Waals surface area contributed by atoms with Crippen molar-refractivity contribution >= 4 is 27.5 Å². The van der Waals surface area contributed by atoms with Crippen LogP contribution in [0.4, 0.5) is 0 Å². The van der Waals surface area contributed by atoms with Crippen molar-refractivity contribution in [2.75, 3.05) is 27.4 Å². The van der Waals surface area contributed by atoms with Gasteiger partial charge in [-0.1, -0.05) is 23.7 Å². The third-order valence-corrected chi connectivity index (χ3v) is 5.92. The predicted octanol–water partition coefficient (Wildman–Crippen LogP) is 2.91. The smallest absolute Gasteiger partial charge is 0.241 e. The molecule has 0 heterocycles. The summed E-state index contributed by atoms with van der Waals surface area (Å²) in [5.41, 5.74) is 0.649.